The molecule has 0 aliphatic carbocycles. The number of benzene rings is 1. The number of hydrogen-bond donors (Lipinski definition) is 1. The van der Waals surface area contributed by atoms with Gasteiger partial charge in [-0.15, -0.1) is 0 Å². The first-order chi connectivity index (χ1) is 9.36. The Morgan fingerprint density at radius 1 is 1.20 bits per heavy atom. The summed E-state index contributed by atoms with van der Waals surface area (Å²) in [6.07, 6.45) is 2.73. The van der Waals surface area contributed by atoms with Gasteiger partial charge >= 0.3 is 0 Å². The van der Waals surface area contributed by atoms with Gasteiger partial charge in [0.25, 0.3) is 0 Å². The quantitative estimate of drug-likeness (QED) is 0.835. The Hall–Kier alpha value is -1.40. The van der Waals surface area contributed by atoms with Crippen LogP contribution in [0.15, 0.2) is 24.3 Å². The van der Waals surface area contributed by atoms with Crippen molar-refractivity contribution in [3.63, 3.8) is 0 Å². The summed E-state index contributed by atoms with van der Waals surface area (Å²) in [5.74, 6) is -0.326. The molecule has 0 atom stereocenters. The van der Waals surface area contributed by atoms with Crippen molar-refractivity contribution in [2.24, 2.45) is 0 Å². The van der Waals surface area contributed by atoms with Crippen molar-refractivity contribution in [1.29, 1.82) is 0 Å². The second-order valence-electron chi connectivity index (χ2n) is 4.70. The number of carbonyl (C=O) groups excluding carboxylic acids is 1. The summed E-state index contributed by atoms with van der Waals surface area (Å²) in [6, 6.07) is 7.52. The molecule has 0 fully saturated rings. The number of carbonyl (C=O) groups is 1. The van der Waals surface area contributed by atoms with Crippen molar-refractivity contribution in [3.05, 3.63) is 29.8 Å². The third-order valence-corrected chi connectivity index (χ3v) is 4.16. The number of nitrogens with one attached hydrogen (secondary N) is 1. The third-order valence-electron chi connectivity index (χ3n) is 2.91. The van der Waals surface area contributed by atoms with Crippen LogP contribution in [0.1, 0.15) is 25.8 Å². The van der Waals surface area contributed by atoms with E-state index in [1.165, 1.54) is 9.87 Å². The fourth-order valence-electron chi connectivity index (χ4n) is 1.80. The van der Waals surface area contributed by atoms with Crippen molar-refractivity contribution in [3.8, 4) is 0 Å². The Morgan fingerprint density at radius 3 is 2.25 bits per heavy atom. The molecule has 0 unspecified atom stereocenters. The molecular weight excluding hydrogens is 276 g/mol. The zero-order valence-corrected chi connectivity index (χ0v) is 13.0. The average molecular weight is 298 g/mol. The maximum atomic E-state index is 11.9. The molecule has 0 heterocycles. The lowest BCUT2D eigenvalue weighted by atomic mass is 10.1. The number of hydrogen-bond acceptors (Lipinski definition) is 3. The molecule has 1 rings (SSSR count). The number of amides is 1. The van der Waals surface area contributed by atoms with E-state index in [2.05, 4.69) is 12.2 Å². The van der Waals surface area contributed by atoms with Crippen LogP contribution in [0.3, 0.4) is 0 Å². The highest BCUT2D eigenvalue weighted by molar-refractivity contribution is 7.88. The van der Waals surface area contributed by atoms with Gasteiger partial charge in [0.05, 0.1) is 12.8 Å². The number of rotatable bonds is 7. The van der Waals surface area contributed by atoms with Gasteiger partial charge in [0.2, 0.25) is 15.9 Å². The third kappa shape index (κ3) is 5.30. The maximum Gasteiger partial charge on any atom is 0.239 e. The molecule has 0 aliphatic heterocycles. The van der Waals surface area contributed by atoms with E-state index in [0.29, 0.717) is 18.7 Å². The minimum atomic E-state index is -3.35. The van der Waals surface area contributed by atoms with Crippen molar-refractivity contribution < 1.29 is 13.2 Å². The molecule has 0 aliphatic rings. The monoisotopic (exact) mass is 298 g/mol. The summed E-state index contributed by atoms with van der Waals surface area (Å²) in [7, 11) is -3.35. The first-order valence-electron chi connectivity index (χ1n) is 6.70. The SMILES string of the molecule is CCCN(CC(=O)Nc1ccc(CC)cc1)S(C)(=O)=O. The summed E-state index contributed by atoms with van der Waals surface area (Å²) in [4.78, 5) is 11.9. The number of aryl methyl sites for hydroxylation is 1. The fraction of sp³-hybridized carbons (Fsp3) is 0.500. The van der Waals surface area contributed by atoms with Crippen molar-refractivity contribution in [2.75, 3.05) is 24.7 Å². The van der Waals surface area contributed by atoms with Crippen LogP contribution in [0.25, 0.3) is 0 Å². The molecule has 1 aromatic rings. The predicted molar refractivity (Wildman–Crippen MR) is 81.2 cm³/mol. The van der Waals surface area contributed by atoms with E-state index in [4.69, 9.17) is 0 Å². The molecule has 0 bridgehead atoms. The molecule has 5 nitrogen and oxygen atoms in total. The minimum absolute atomic E-state index is 0.151. The lowest BCUT2D eigenvalue weighted by molar-refractivity contribution is -0.116. The summed E-state index contributed by atoms with van der Waals surface area (Å²) < 4.78 is 24.3. The Bertz CT molecular complexity index is 538. The van der Waals surface area contributed by atoms with Crippen LogP contribution >= 0.6 is 0 Å². The molecule has 0 saturated carbocycles. The highest BCUT2D eigenvalue weighted by atomic mass is 32.2. The van der Waals surface area contributed by atoms with E-state index in [-0.39, 0.29) is 12.5 Å². The first-order valence-corrected chi connectivity index (χ1v) is 8.55. The van der Waals surface area contributed by atoms with Crippen LogP contribution in [-0.2, 0) is 21.2 Å². The molecule has 0 aromatic heterocycles. The van der Waals surface area contributed by atoms with Crippen LogP contribution in [0.4, 0.5) is 5.69 Å². The van der Waals surface area contributed by atoms with Crippen LogP contribution < -0.4 is 5.32 Å². The molecular formula is C14H22N2O3S. The number of sulfonamides is 1. The van der Waals surface area contributed by atoms with Gasteiger partial charge in [-0.05, 0) is 30.5 Å². The zero-order valence-electron chi connectivity index (χ0n) is 12.2. The molecule has 1 N–H and O–H groups in total. The van der Waals surface area contributed by atoms with Gasteiger partial charge in [0, 0.05) is 12.2 Å². The second-order valence-corrected chi connectivity index (χ2v) is 6.68. The van der Waals surface area contributed by atoms with Gasteiger partial charge in [0.1, 0.15) is 0 Å². The van der Waals surface area contributed by atoms with E-state index in [1.807, 2.05) is 31.2 Å². The highest BCUT2D eigenvalue weighted by Crippen LogP contribution is 2.10. The van der Waals surface area contributed by atoms with Crippen LogP contribution in [0.2, 0.25) is 0 Å². The Morgan fingerprint density at radius 2 is 1.80 bits per heavy atom. The average Bonchev–Trinajstić information content (AvgIpc) is 2.38. The topological polar surface area (TPSA) is 66.5 Å². The van der Waals surface area contributed by atoms with Gasteiger partial charge in [-0.1, -0.05) is 26.0 Å². The van der Waals surface area contributed by atoms with E-state index in [1.54, 1.807) is 0 Å². The van der Waals surface area contributed by atoms with Crippen molar-refractivity contribution in [1.82, 2.24) is 4.31 Å². The predicted octanol–water partition coefficient (Wildman–Crippen LogP) is 1.86. The van der Waals surface area contributed by atoms with E-state index in [0.717, 1.165) is 12.7 Å². The summed E-state index contributed by atoms with van der Waals surface area (Å²) in [6.45, 7) is 4.13. The van der Waals surface area contributed by atoms with Crippen LogP contribution in [0, 0.1) is 0 Å². The van der Waals surface area contributed by atoms with Gasteiger partial charge < -0.3 is 5.32 Å². The fourth-order valence-corrected chi connectivity index (χ4v) is 2.66. The molecule has 1 amide bonds. The van der Waals surface area contributed by atoms with Gasteiger partial charge in [-0.25, -0.2) is 8.42 Å². The molecule has 1 aromatic carbocycles. The maximum absolute atomic E-state index is 11.9. The Balaban J connectivity index is 2.65. The Labute approximate surface area is 121 Å². The molecule has 112 valence electrons. The van der Waals surface area contributed by atoms with Crippen molar-refractivity contribution in [2.45, 2.75) is 26.7 Å². The lowest BCUT2D eigenvalue weighted by Crippen LogP contribution is -2.37. The van der Waals surface area contributed by atoms with E-state index < -0.39 is 10.0 Å². The van der Waals surface area contributed by atoms with Gasteiger partial charge in [-0.2, -0.15) is 4.31 Å². The van der Waals surface area contributed by atoms with E-state index in [9.17, 15) is 13.2 Å². The second kappa shape index (κ2) is 7.40. The normalized spacial score (nSPS) is 11.6. The van der Waals surface area contributed by atoms with Crippen LogP contribution in [0.5, 0.6) is 0 Å². The summed E-state index contributed by atoms with van der Waals surface area (Å²) in [5.41, 5.74) is 1.86. The molecule has 20 heavy (non-hydrogen) atoms. The standard InChI is InChI=1S/C14H22N2O3S/c1-4-10-16(20(3,18)19)11-14(17)15-13-8-6-12(5-2)7-9-13/h6-9H,4-5,10-11H2,1-3H3,(H,15,17). The van der Waals surface area contributed by atoms with E-state index >= 15 is 0 Å². The molecule has 0 spiro atoms. The highest BCUT2D eigenvalue weighted by Gasteiger charge is 2.19. The summed E-state index contributed by atoms with van der Waals surface area (Å²) >= 11 is 0. The molecule has 6 heteroatoms. The zero-order chi connectivity index (χ0) is 15.2. The van der Waals surface area contributed by atoms with Crippen LogP contribution in [-0.4, -0.2) is 38.0 Å². The smallest absolute Gasteiger partial charge is 0.239 e. The molecule has 0 radical (unpaired) electrons. The Kier molecular flexibility index (Phi) is 6.16. The van der Waals surface area contributed by atoms with Gasteiger partial charge in [0.15, 0.2) is 0 Å². The largest absolute Gasteiger partial charge is 0.325 e. The van der Waals surface area contributed by atoms with Gasteiger partial charge in [-0.3, -0.25) is 4.79 Å². The number of nitrogens with zero attached hydrogens (tertiary/aromatic N) is 1. The number of anilines is 1. The summed E-state index contributed by atoms with van der Waals surface area (Å²) in [5, 5.41) is 2.71. The lowest BCUT2D eigenvalue weighted by Gasteiger charge is -2.18. The minimum Gasteiger partial charge on any atom is -0.325 e. The van der Waals surface area contributed by atoms with Crippen molar-refractivity contribution >= 4 is 21.6 Å². The first kappa shape index (κ1) is 16.7. The molecule has 0 saturated heterocycles.